The molecule has 0 amide bonds. The van der Waals surface area contributed by atoms with Crippen molar-refractivity contribution < 1.29 is 22.6 Å². The fourth-order valence-corrected chi connectivity index (χ4v) is 2.78. The van der Waals surface area contributed by atoms with Crippen LogP contribution in [0.4, 0.5) is 13.2 Å². The number of halogens is 3. The van der Waals surface area contributed by atoms with Crippen LogP contribution in [0.15, 0.2) is 34.6 Å². The van der Waals surface area contributed by atoms with Gasteiger partial charge in [-0.3, -0.25) is 4.99 Å². The van der Waals surface area contributed by atoms with Gasteiger partial charge in [-0.15, -0.1) is 11.3 Å². The molecule has 0 aliphatic rings. The van der Waals surface area contributed by atoms with E-state index in [1.54, 1.807) is 14.2 Å². The van der Waals surface area contributed by atoms with Crippen molar-refractivity contribution in [3.63, 3.8) is 0 Å². The number of nitrogens with zero attached hydrogens (tertiary/aromatic N) is 2. The minimum Gasteiger partial charge on any atom is -0.497 e. The summed E-state index contributed by atoms with van der Waals surface area (Å²) in [4.78, 5) is 7.59. The molecule has 0 spiro atoms. The normalized spacial score (nSPS) is 12.0. The lowest BCUT2D eigenvalue weighted by molar-refractivity contribution is -0.140. The number of benzene rings is 1. The second-order valence-corrected chi connectivity index (χ2v) is 6.30. The maximum absolute atomic E-state index is 12.5. The fraction of sp³-hybridized carbons (Fsp3) is 0.412. The van der Waals surface area contributed by atoms with E-state index in [4.69, 9.17) is 9.47 Å². The summed E-state index contributed by atoms with van der Waals surface area (Å²) in [6.45, 7) is 1.28. The van der Waals surface area contributed by atoms with E-state index < -0.39 is 11.9 Å². The highest BCUT2D eigenvalue weighted by molar-refractivity contribution is 7.09. The number of aliphatic imine (C=N–C) groups is 1. The Morgan fingerprint density at radius 1 is 1.19 bits per heavy atom. The highest BCUT2D eigenvalue weighted by Gasteiger charge is 2.33. The number of thiazole rings is 1. The molecule has 2 aromatic rings. The van der Waals surface area contributed by atoms with Gasteiger partial charge in [-0.2, -0.15) is 13.2 Å². The minimum atomic E-state index is -4.42. The van der Waals surface area contributed by atoms with E-state index in [2.05, 4.69) is 20.6 Å². The maximum Gasteiger partial charge on any atom is 0.434 e. The zero-order chi connectivity index (χ0) is 19.7. The quantitative estimate of drug-likeness (QED) is 0.403. The summed E-state index contributed by atoms with van der Waals surface area (Å²) in [7, 11) is 3.19. The average molecular weight is 402 g/mol. The molecular weight excluding hydrogens is 381 g/mol. The maximum atomic E-state index is 12.5. The summed E-state index contributed by atoms with van der Waals surface area (Å²) in [5.74, 6) is 2.01. The van der Waals surface area contributed by atoms with Crippen LogP contribution in [0, 0.1) is 0 Å². The van der Waals surface area contributed by atoms with E-state index in [0.29, 0.717) is 24.1 Å². The van der Waals surface area contributed by atoms with Crippen molar-refractivity contribution >= 4 is 17.3 Å². The molecule has 10 heteroatoms. The molecule has 0 aliphatic carbocycles. The molecule has 0 atom stereocenters. The van der Waals surface area contributed by atoms with Crippen LogP contribution in [0.25, 0.3) is 0 Å². The molecule has 2 N–H and O–H groups in total. The van der Waals surface area contributed by atoms with Crippen LogP contribution in [0.5, 0.6) is 11.5 Å². The molecular formula is C17H21F3N4O2S. The van der Waals surface area contributed by atoms with Crippen LogP contribution >= 0.6 is 11.3 Å². The molecule has 0 saturated carbocycles. The topological polar surface area (TPSA) is 67.8 Å². The lowest BCUT2D eigenvalue weighted by Crippen LogP contribution is -2.37. The molecule has 0 unspecified atom stereocenters. The Morgan fingerprint density at radius 3 is 2.48 bits per heavy atom. The molecule has 148 valence electrons. The van der Waals surface area contributed by atoms with Gasteiger partial charge in [0.05, 0.1) is 20.3 Å². The van der Waals surface area contributed by atoms with Crippen LogP contribution < -0.4 is 20.1 Å². The van der Waals surface area contributed by atoms with Crippen LogP contribution in [0.1, 0.15) is 17.1 Å². The smallest absolute Gasteiger partial charge is 0.434 e. The van der Waals surface area contributed by atoms with Gasteiger partial charge < -0.3 is 20.1 Å². The van der Waals surface area contributed by atoms with Gasteiger partial charge >= 0.3 is 6.18 Å². The number of nitrogens with one attached hydrogen (secondary N) is 2. The largest absolute Gasteiger partial charge is 0.497 e. The van der Waals surface area contributed by atoms with Crippen molar-refractivity contribution in [2.45, 2.75) is 19.1 Å². The van der Waals surface area contributed by atoms with Crippen LogP contribution in [-0.2, 0) is 12.7 Å². The molecule has 2 rings (SSSR count). The number of rotatable bonds is 8. The number of ether oxygens (including phenoxy) is 2. The van der Waals surface area contributed by atoms with Gasteiger partial charge in [0.2, 0.25) is 0 Å². The van der Waals surface area contributed by atoms with Crippen LogP contribution in [-0.4, -0.2) is 38.3 Å². The Kier molecular flexibility index (Phi) is 7.71. The molecule has 0 aliphatic heterocycles. The Bertz CT molecular complexity index is 733. The Labute approximate surface area is 159 Å². The van der Waals surface area contributed by atoms with Crippen molar-refractivity contribution in [2.24, 2.45) is 4.99 Å². The number of methoxy groups -OCH3 is 1. The van der Waals surface area contributed by atoms with Gasteiger partial charge in [0.1, 0.15) is 16.5 Å². The van der Waals surface area contributed by atoms with E-state index in [1.807, 2.05) is 24.3 Å². The summed E-state index contributed by atoms with van der Waals surface area (Å²) in [6, 6.07) is 7.30. The van der Waals surface area contributed by atoms with E-state index in [9.17, 15) is 13.2 Å². The summed E-state index contributed by atoms with van der Waals surface area (Å²) in [5, 5.41) is 7.36. The molecule has 1 aromatic heterocycles. The van der Waals surface area contributed by atoms with Crippen LogP contribution in [0.2, 0.25) is 0 Å². The molecule has 0 saturated heterocycles. The van der Waals surface area contributed by atoms with Gasteiger partial charge in [-0.25, -0.2) is 4.98 Å². The monoisotopic (exact) mass is 402 g/mol. The number of hydrogen-bond donors (Lipinski definition) is 2. The first kappa shape index (κ1) is 20.8. The molecule has 6 nitrogen and oxygen atoms in total. The predicted octanol–water partition coefficient (Wildman–Crippen LogP) is 3.30. The Morgan fingerprint density at radius 2 is 1.89 bits per heavy atom. The molecule has 1 aromatic carbocycles. The van der Waals surface area contributed by atoms with Gasteiger partial charge in [0.15, 0.2) is 11.7 Å². The third kappa shape index (κ3) is 6.97. The Balaban J connectivity index is 1.65. The zero-order valence-electron chi connectivity index (χ0n) is 15.0. The number of hydrogen-bond acceptors (Lipinski definition) is 5. The van der Waals surface area contributed by atoms with Gasteiger partial charge in [-0.05, 0) is 30.7 Å². The lowest BCUT2D eigenvalue weighted by Gasteiger charge is -2.11. The summed E-state index contributed by atoms with van der Waals surface area (Å²) in [6.07, 6.45) is -3.69. The van der Waals surface area contributed by atoms with Crippen molar-refractivity contribution in [1.82, 2.24) is 15.6 Å². The molecule has 0 bridgehead atoms. The highest BCUT2D eigenvalue weighted by atomic mass is 32.1. The summed E-state index contributed by atoms with van der Waals surface area (Å²) >= 11 is 0.956. The van der Waals surface area contributed by atoms with E-state index in [1.165, 1.54) is 0 Å². The standard InChI is InChI=1S/C17H21F3N4O2S/c1-21-16(23-10-15-24-14(11-27-15)17(18,19)20)22-8-3-9-26-13-6-4-12(25-2)5-7-13/h4-7,11H,3,8-10H2,1-2H3,(H2,21,22,23). The van der Waals surface area contributed by atoms with Crippen molar-refractivity contribution in [1.29, 1.82) is 0 Å². The van der Waals surface area contributed by atoms with Gasteiger partial charge in [0, 0.05) is 19.0 Å². The van der Waals surface area contributed by atoms with E-state index in [0.717, 1.165) is 34.6 Å². The predicted molar refractivity (Wildman–Crippen MR) is 98.4 cm³/mol. The second-order valence-electron chi connectivity index (χ2n) is 5.35. The second kappa shape index (κ2) is 10.0. The average Bonchev–Trinajstić information content (AvgIpc) is 3.14. The first-order valence-corrected chi connectivity index (χ1v) is 9.03. The number of aromatic nitrogens is 1. The minimum absolute atomic E-state index is 0.169. The van der Waals surface area contributed by atoms with Crippen molar-refractivity contribution in [2.75, 3.05) is 27.3 Å². The van der Waals surface area contributed by atoms with Crippen molar-refractivity contribution in [3.8, 4) is 11.5 Å². The van der Waals surface area contributed by atoms with Gasteiger partial charge in [-0.1, -0.05) is 0 Å². The first-order valence-electron chi connectivity index (χ1n) is 8.15. The van der Waals surface area contributed by atoms with Crippen LogP contribution in [0.3, 0.4) is 0 Å². The Hall–Kier alpha value is -2.49. The molecule has 1 heterocycles. The first-order chi connectivity index (χ1) is 12.9. The molecule has 0 fully saturated rings. The number of alkyl halides is 3. The van der Waals surface area contributed by atoms with Gasteiger partial charge in [0.25, 0.3) is 0 Å². The SMILES string of the molecule is CN=C(NCCCOc1ccc(OC)cc1)NCc1nc(C(F)(F)F)cs1. The summed E-state index contributed by atoms with van der Waals surface area (Å²) in [5.41, 5.74) is -0.872. The van der Waals surface area contributed by atoms with Crippen molar-refractivity contribution in [3.05, 3.63) is 40.3 Å². The third-order valence-corrected chi connectivity index (χ3v) is 4.26. The highest BCUT2D eigenvalue weighted by Crippen LogP contribution is 2.29. The fourth-order valence-electron chi connectivity index (χ4n) is 2.04. The molecule has 27 heavy (non-hydrogen) atoms. The summed E-state index contributed by atoms with van der Waals surface area (Å²) < 4.78 is 48.3. The number of guanidine groups is 1. The zero-order valence-corrected chi connectivity index (χ0v) is 15.8. The lowest BCUT2D eigenvalue weighted by atomic mass is 10.3. The van der Waals surface area contributed by atoms with E-state index >= 15 is 0 Å². The third-order valence-electron chi connectivity index (χ3n) is 3.41. The van der Waals surface area contributed by atoms with E-state index in [-0.39, 0.29) is 6.54 Å². The molecule has 0 radical (unpaired) electrons.